The Morgan fingerprint density at radius 3 is 2.50 bits per heavy atom. The lowest BCUT2D eigenvalue weighted by atomic mass is 10.1. The molecular formula is C17H24O5. The highest BCUT2D eigenvalue weighted by molar-refractivity contribution is 5.75. The second kappa shape index (κ2) is 9.95. The summed E-state index contributed by atoms with van der Waals surface area (Å²) in [5.74, 6) is -0.487. The molecule has 5 heteroatoms. The smallest absolute Gasteiger partial charge is 0.337 e. The molecule has 0 bridgehead atoms. The second-order valence-corrected chi connectivity index (χ2v) is 5.16. The van der Waals surface area contributed by atoms with Crippen LogP contribution in [0, 0.1) is 13.8 Å². The van der Waals surface area contributed by atoms with E-state index in [4.69, 9.17) is 14.2 Å². The van der Waals surface area contributed by atoms with Crippen LogP contribution in [0.3, 0.4) is 0 Å². The molecule has 22 heavy (non-hydrogen) atoms. The molecule has 0 amide bonds. The maximum Gasteiger partial charge on any atom is 0.337 e. The van der Waals surface area contributed by atoms with Crippen LogP contribution >= 0.6 is 0 Å². The first kappa shape index (κ1) is 18.2. The summed E-state index contributed by atoms with van der Waals surface area (Å²) in [5, 5.41) is 0. The highest BCUT2D eigenvalue weighted by Gasteiger charge is 2.10. The normalized spacial score (nSPS) is 10.3. The van der Waals surface area contributed by atoms with Gasteiger partial charge >= 0.3 is 11.9 Å². The lowest BCUT2D eigenvalue weighted by molar-refractivity contribution is -0.152. The van der Waals surface area contributed by atoms with Crippen molar-refractivity contribution in [3.8, 4) is 5.75 Å². The van der Waals surface area contributed by atoms with Crippen molar-refractivity contribution >= 4 is 11.9 Å². The molecule has 0 aliphatic rings. The minimum atomic E-state index is -0.535. The van der Waals surface area contributed by atoms with E-state index in [1.165, 1.54) is 0 Å². The van der Waals surface area contributed by atoms with Crippen LogP contribution in [0.5, 0.6) is 5.75 Å². The van der Waals surface area contributed by atoms with E-state index < -0.39 is 11.9 Å². The largest absolute Gasteiger partial charge is 0.464 e. The van der Waals surface area contributed by atoms with Gasteiger partial charge in [-0.2, -0.15) is 0 Å². The molecule has 0 aromatic heterocycles. The maximum absolute atomic E-state index is 11.7. The van der Waals surface area contributed by atoms with Crippen LogP contribution in [-0.4, -0.2) is 31.8 Å². The molecule has 1 rings (SSSR count). The predicted molar refractivity (Wildman–Crippen MR) is 82.9 cm³/mol. The summed E-state index contributed by atoms with van der Waals surface area (Å²) < 4.78 is 15.2. The molecule has 0 aliphatic heterocycles. The molecular weight excluding hydrogens is 284 g/mol. The van der Waals surface area contributed by atoms with Crippen molar-refractivity contribution in [3.63, 3.8) is 0 Å². The number of carbonyl (C=O) groups is 2. The summed E-state index contributed by atoms with van der Waals surface area (Å²) in [6, 6.07) is 5.61. The van der Waals surface area contributed by atoms with Crippen molar-refractivity contribution in [1.29, 1.82) is 0 Å². The number of rotatable bonds is 9. The van der Waals surface area contributed by atoms with Gasteiger partial charge < -0.3 is 14.2 Å². The molecule has 0 radical (unpaired) electrons. The molecule has 0 fully saturated rings. The molecule has 0 saturated heterocycles. The van der Waals surface area contributed by atoms with Gasteiger partial charge in [-0.1, -0.05) is 31.9 Å². The predicted octanol–water partition coefficient (Wildman–Crippen LogP) is 2.96. The third-order valence-corrected chi connectivity index (χ3v) is 3.02. The van der Waals surface area contributed by atoms with Gasteiger partial charge in [0.15, 0.2) is 0 Å². The first-order valence-corrected chi connectivity index (χ1v) is 7.54. The maximum atomic E-state index is 11.7. The number of esters is 2. The van der Waals surface area contributed by atoms with E-state index in [-0.39, 0.29) is 13.2 Å². The Balaban J connectivity index is 2.23. The molecule has 0 aliphatic carbocycles. The van der Waals surface area contributed by atoms with Crippen LogP contribution in [0.25, 0.3) is 0 Å². The molecule has 0 saturated carbocycles. The molecule has 1 aromatic carbocycles. The zero-order valence-electron chi connectivity index (χ0n) is 13.5. The van der Waals surface area contributed by atoms with Gasteiger partial charge in [0.25, 0.3) is 0 Å². The summed E-state index contributed by atoms with van der Waals surface area (Å²) in [5.41, 5.74) is 1.87. The Morgan fingerprint density at radius 2 is 1.77 bits per heavy atom. The molecule has 1 aromatic rings. The van der Waals surface area contributed by atoms with E-state index in [9.17, 15) is 9.59 Å². The molecule has 0 unspecified atom stereocenters. The fourth-order valence-corrected chi connectivity index (χ4v) is 1.77. The number of hydrogen-bond acceptors (Lipinski definition) is 5. The number of ether oxygens (including phenoxy) is 3. The average molecular weight is 308 g/mol. The summed E-state index contributed by atoms with van der Waals surface area (Å²) in [4.78, 5) is 23.0. The first-order chi connectivity index (χ1) is 10.5. The zero-order chi connectivity index (χ0) is 16.4. The van der Waals surface area contributed by atoms with E-state index >= 15 is 0 Å². The topological polar surface area (TPSA) is 61.8 Å². The van der Waals surface area contributed by atoms with E-state index in [0.717, 1.165) is 30.4 Å². The van der Waals surface area contributed by atoms with Crippen molar-refractivity contribution < 1.29 is 23.8 Å². The van der Waals surface area contributed by atoms with E-state index in [1.54, 1.807) is 6.07 Å². The molecule has 0 spiro atoms. The number of aryl methyl sites for hydroxylation is 2. The van der Waals surface area contributed by atoms with Crippen LogP contribution in [0.1, 0.15) is 37.3 Å². The van der Waals surface area contributed by atoms with E-state index in [1.807, 2.05) is 26.0 Å². The molecule has 0 N–H and O–H groups in total. The first-order valence-electron chi connectivity index (χ1n) is 7.54. The van der Waals surface area contributed by atoms with E-state index in [0.29, 0.717) is 12.4 Å². The Hall–Kier alpha value is -1.88. The minimum absolute atomic E-state index is 0.242. The third-order valence-electron chi connectivity index (χ3n) is 3.02. The van der Waals surface area contributed by atoms with Crippen LogP contribution in [0.4, 0.5) is 0 Å². The molecule has 122 valence electrons. The van der Waals surface area contributed by atoms with Gasteiger partial charge in [-0.25, -0.2) is 9.59 Å². The van der Waals surface area contributed by atoms with Gasteiger partial charge in [0.05, 0.1) is 6.61 Å². The lowest BCUT2D eigenvalue weighted by Crippen LogP contribution is -2.20. The summed E-state index contributed by atoms with van der Waals surface area (Å²) in [6.45, 7) is 5.72. The minimum Gasteiger partial charge on any atom is -0.464 e. The average Bonchev–Trinajstić information content (AvgIpc) is 2.47. The van der Waals surface area contributed by atoms with Gasteiger partial charge in [-0.05, 0) is 37.5 Å². The van der Waals surface area contributed by atoms with Crippen molar-refractivity contribution in [1.82, 2.24) is 0 Å². The number of carbonyl (C=O) groups excluding carboxylic acids is 2. The highest BCUT2D eigenvalue weighted by atomic mass is 16.6. The van der Waals surface area contributed by atoms with Crippen LogP contribution < -0.4 is 4.74 Å². The van der Waals surface area contributed by atoms with Crippen LogP contribution in [-0.2, 0) is 19.1 Å². The monoisotopic (exact) mass is 308 g/mol. The summed E-state index contributed by atoms with van der Waals surface area (Å²) >= 11 is 0. The van der Waals surface area contributed by atoms with E-state index in [2.05, 4.69) is 6.92 Å². The highest BCUT2D eigenvalue weighted by Crippen LogP contribution is 2.19. The quantitative estimate of drug-likeness (QED) is 0.399. The van der Waals surface area contributed by atoms with Crippen LogP contribution in [0.15, 0.2) is 18.2 Å². The molecule has 0 atom stereocenters. The van der Waals surface area contributed by atoms with Gasteiger partial charge in [-0.3, -0.25) is 0 Å². The third kappa shape index (κ3) is 7.22. The zero-order valence-corrected chi connectivity index (χ0v) is 13.5. The van der Waals surface area contributed by atoms with Crippen molar-refractivity contribution in [2.45, 2.75) is 40.0 Å². The van der Waals surface area contributed by atoms with Gasteiger partial charge in [-0.15, -0.1) is 0 Å². The molecule has 0 heterocycles. The Morgan fingerprint density at radius 1 is 1.05 bits per heavy atom. The summed E-state index contributed by atoms with van der Waals surface area (Å²) in [6.07, 6.45) is 2.94. The van der Waals surface area contributed by atoms with Gasteiger partial charge in [0.1, 0.15) is 19.0 Å². The standard InChI is InChI=1S/C17H24O5/c1-4-5-6-9-21-16(18)11-20-12-17(19)22-15-10-13(2)7-8-14(15)3/h7-8,10H,4-6,9,11-12H2,1-3H3. The van der Waals surface area contributed by atoms with Gasteiger partial charge in [0.2, 0.25) is 0 Å². The SMILES string of the molecule is CCCCCOC(=O)COCC(=O)Oc1cc(C)ccc1C. The second-order valence-electron chi connectivity index (χ2n) is 5.16. The molecule has 5 nitrogen and oxygen atoms in total. The Bertz CT molecular complexity index is 496. The van der Waals surface area contributed by atoms with Crippen molar-refractivity contribution in [2.75, 3.05) is 19.8 Å². The van der Waals surface area contributed by atoms with Crippen molar-refractivity contribution in [2.24, 2.45) is 0 Å². The van der Waals surface area contributed by atoms with Crippen LogP contribution in [0.2, 0.25) is 0 Å². The fraction of sp³-hybridized carbons (Fsp3) is 0.529. The fourth-order valence-electron chi connectivity index (χ4n) is 1.77. The Kier molecular flexibility index (Phi) is 8.22. The van der Waals surface area contributed by atoms with Crippen molar-refractivity contribution in [3.05, 3.63) is 29.3 Å². The summed E-state index contributed by atoms with van der Waals surface area (Å²) in [7, 11) is 0. The number of hydrogen-bond donors (Lipinski definition) is 0. The Labute approximate surface area is 131 Å². The lowest BCUT2D eigenvalue weighted by Gasteiger charge is -2.09. The number of unbranched alkanes of at least 4 members (excludes halogenated alkanes) is 2. The number of benzene rings is 1. The van der Waals surface area contributed by atoms with Gasteiger partial charge in [0, 0.05) is 0 Å².